The molecule has 0 aliphatic rings. The molecule has 0 aliphatic heterocycles. The van der Waals surface area contributed by atoms with E-state index in [9.17, 15) is 8.78 Å². The number of halogens is 3. The van der Waals surface area contributed by atoms with Crippen LogP contribution in [0.2, 0.25) is 0 Å². The van der Waals surface area contributed by atoms with E-state index in [1.165, 1.54) is 18.2 Å². The van der Waals surface area contributed by atoms with Crippen molar-refractivity contribution in [3.8, 4) is 0 Å². The first-order valence-electron chi connectivity index (χ1n) is 5.99. The first-order chi connectivity index (χ1) is 9.08. The smallest absolute Gasteiger partial charge is 0.137 e. The molecule has 1 atom stereocenters. The summed E-state index contributed by atoms with van der Waals surface area (Å²) in [5.41, 5.74) is 1.85. The third-order valence-corrected chi connectivity index (χ3v) is 3.89. The van der Waals surface area contributed by atoms with Gasteiger partial charge in [-0.3, -0.25) is 0 Å². The van der Waals surface area contributed by atoms with Gasteiger partial charge in [-0.15, -0.1) is 0 Å². The molecule has 0 heterocycles. The Morgan fingerprint density at radius 3 is 2.47 bits per heavy atom. The summed E-state index contributed by atoms with van der Waals surface area (Å²) in [6.07, 6.45) is 0. The average Bonchev–Trinajstić information content (AvgIpc) is 2.41. The van der Waals surface area contributed by atoms with Crippen LogP contribution in [0.4, 0.5) is 8.78 Å². The molecule has 1 N–H and O–H groups in total. The van der Waals surface area contributed by atoms with Gasteiger partial charge in [0.15, 0.2) is 0 Å². The van der Waals surface area contributed by atoms with E-state index in [4.69, 9.17) is 0 Å². The van der Waals surface area contributed by atoms with Crippen LogP contribution in [-0.2, 0) is 6.54 Å². The van der Waals surface area contributed by atoms with E-state index in [1.807, 2.05) is 13.0 Å². The van der Waals surface area contributed by atoms with Gasteiger partial charge >= 0.3 is 0 Å². The number of hydrogen-bond acceptors (Lipinski definition) is 1. The number of rotatable bonds is 4. The minimum Gasteiger partial charge on any atom is -0.306 e. The van der Waals surface area contributed by atoms with E-state index < -0.39 is 0 Å². The highest BCUT2D eigenvalue weighted by molar-refractivity contribution is 9.10. The summed E-state index contributed by atoms with van der Waals surface area (Å²) in [5, 5.41) is 3.28. The molecule has 0 aliphatic carbocycles. The van der Waals surface area contributed by atoms with Gasteiger partial charge in [0.05, 0.1) is 4.47 Å². The van der Waals surface area contributed by atoms with Gasteiger partial charge in [0.25, 0.3) is 0 Å². The van der Waals surface area contributed by atoms with Crippen molar-refractivity contribution >= 4 is 15.9 Å². The molecule has 0 saturated carbocycles. The maximum absolute atomic E-state index is 13.4. The van der Waals surface area contributed by atoms with E-state index in [0.717, 1.165) is 11.1 Å². The fourth-order valence-corrected chi connectivity index (χ4v) is 2.22. The lowest BCUT2D eigenvalue weighted by molar-refractivity contribution is 0.563. The third-order valence-electron chi connectivity index (χ3n) is 3.00. The Balaban J connectivity index is 2.02. The summed E-state index contributed by atoms with van der Waals surface area (Å²) in [6, 6.07) is 11.4. The number of hydrogen-bond donors (Lipinski definition) is 1. The summed E-state index contributed by atoms with van der Waals surface area (Å²) >= 11 is 3.23. The zero-order valence-electron chi connectivity index (χ0n) is 10.5. The average molecular weight is 326 g/mol. The quantitative estimate of drug-likeness (QED) is 0.867. The molecular formula is C15H14BrF2N. The molecule has 0 aromatic heterocycles. The zero-order valence-corrected chi connectivity index (χ0v) is 12.0. The van der Waals surface area contributed by atoms with Crippen LogP contribution in [0.25, 0.3) is 0 Å². The largest absolute Gasteiger partial charge is 0.306 e. The summed E-state index contributed by atoms with van der Waals surface area (Å²) in [7, 11) is 0. The van der Waals surface area contributed by atoms with Crippen LogP contribution in [0.15, 0.2) is 46.9 Å². The zero-order chi connectivity index (χ0) is 13.8. The lowest BCUT2D eigenvalue weighted by Gasteiger charge is -2.15. The van der Waals surface area contributed by atoms with E-state index in [2.05, 4.69) is 21.2 Å². The molecule has 0 fully saturated rings. The van der Waals surface area contributed by atoms with Crippen molar-refractivity contribution in [1.82, 2.24) is 5.32 Å². The van der Waals surface area contributed by atoms with Crippen molar-refractivity contribution in [2.24, 2.45) is 0 Å². The molecule has 0 spiro atoms. The molecule has 2 rings (SSSR count). The predicted octanol–water partition coefficient (Wildman–Crippen LogP) is 4.58. The Morgan fingerprint density at radius 2 is 1.79 bits per heavy atom. The minimum atomic E-state index is -0.270. The first-order valence-corrected chi connectivity index (χ1v) is 6.79. The molecular weight excluding hydrogens is 312 g/mol. The molecule has 0 amide bonds. The molecule has 19 heavy (non-hydrogen) atoms. The van der Waals surface area contributed by atoms with Gasteiger partial charge in [-0.05, 0) is 52.2 Å². The highest BCUT2D eigenvalue weighted by Crippen LogP contribution is 2.21. The molecule has 0 unspecified atom stereocenters. The van der Waals surface area contributed by atoms with Gasteiger partial charge in [0.1, 0.15) is 11.6 Å². The molecule has 0 bridgehead atoms. The van der Waals surface area contributed by atoms with Gasteiger partial charge < -0.3 is 5.32 Å². The highest BCUT2D eigenvalue weighted by atomic mass is 79.9. The fraction of sp³-hybridized carbons (Fsp3) is 0.200. The second kappa shape index (κ2) is 6.26. The lowest BCUT2D eigenvalue weighted by Crippen LogP contribution is -2.18. The Labute approximate surface area is 119 Å². The van der Waals surface area contributed by atoms with Gasteiger partial charge in [-0.2, -0.15) is 0 Å². The summed E-state index contributed by atoms with van der Waals surface area (Å²) < 4.78 is 26.7. The summed E-state index contributed by atoms with van der Waals surface area (Å²) in [6.45, 7) is 2.53. The van der Waals surface area contributed by atoms with E-state index in [0.29, 0.717) is 11.0 Å². The van der Waals surface area contributed by atoms with Crippen LogP contribution in [0.1, 0.15) is 24.1 Å². The second-order valence-corrected chi connectivity index (χ2v) is 5.16. The van der Waals surface area contributed by atoms with E-state index in [1.54, 1.807) is 18.2 Å². The van der Waals surface area contributed by atoms with Crippen molar-refractivity contribution in [1.29, 1.82) is 0 Å². The van der Waals surface area contributed by atoms with Gasteiger partial charge in [0.2, 0.25) is 0 Å². The molecule has 2 aromatic carbocycles. The van der Waals surface area contributed by atoms with Gasteiger partial charge in [-0.1, -0.05) is 24.3 Å². The lowest BCUT2D eigenvalue weighted by atomic mass is 10.1. The Bertz CT molecular complexity index is 555. The van der Waals surface area contributed by atoms with E-state index >= 15 is 0 Å². The maximum atomic E-state index is 13.4. The van der Waals surface area contributed by atoms with Crippen LogP contribution in [-0.4, -0.2) is 0 Å². The van der Waals surface area contributed by atoms with Crippen LogP contribution in [0, 0.1) is 11.6 Å². The van der Waals surface area contributed by atoms with Crippen LogP contribution < -0.4 is 5.32 Å². The van der Waals surface area contributed by atoms with Crippen LogP contribution in [0.5, 0.6) is 0 Å². The first kappa shape index (κ1) is 14.2. The number of benzene rings is 2. The normalized spacial score (nSPS) is 12.4. The molecule has 100 valence electrons. The van der Waals surface area contributed by atoms with Crippen molar-refractivity contribution in [3.05, 3.63) is 69.7 Å². The molecule has 1 nitrogen and oxygen atoms in total. The Hall–Kier alpha value is -1.26. The standard InChI is InChI=1S/C15H14BrF2N/c1-10(11-5-7-13(17)8-6-11)19-9-12-3-2-4-14(18)15(12)16/h2-8,10,19H,9H2,1H3/t10-/m0/s1. The van der Waals surface area contributed by atoms with Crippen molar-refractivity contribution in [3.63, 3.8) is 0 Å². The number of nitrogens with one attached hydrogen (secondary N) is 1. The van der Waals surface area contributed by atoms with Crippen LogP contribution in [0.3, 0.4) is 0 Å². The maximum Gasteiger partial charge on any atom is 0.137 e. The summed E-state index contributed by atoms with van der Waals surface area (Å²) in [4.78, 5) is 0. The van der Waals surface area contributed by atoms with Crippen LogP contribution >= 0.6 is 15.9 Å². The molecule has 2 aromatic rings. The fourth-order valence-electron chi connectivity index (χ4n) is 1.82. The molecule has 4 heteroatoms. The van der Waals surface area contributed by atoms with Crippen molar-refractivity contribution in [2.45, 2.75) is 19.5 Å². The van der Waals surface area contributed by atoms with Gasteiger partial charge in [0, 0.05) is 12.6 Å². The van der Waals surface area contributed by atoms with E-state index in [-0.39, 0.29) is 17.7 Å². The monoisotopic (exact) mass is 325 g/mol. The SMILES string of the molecule is C[C@H](NCc1cccc(F)c1Br)c1ccc(F)cc1. The topological polar surface area (TPSA) is 12.0 Å². The van der Waals surface area contributed by atoms with Gasteiger partial charge in [-0.25, -0.2) is 8.78 Å². The molecule has 0 radical (unpaired) electrons. The van der Waals surface area contributed by atoms with Crippen molar-refractivity contribution < 1.29 is 8.78 Å². The van der Waals surface area contributed by atoms with Crippen molar-refractivity contribution in [2.75, 3.05) is 0 Å². The summed E-state index contributed by atoms with van der Waals surface area (Å²) in [5.74, 6) is -0.516. The highest BCUT2D eigenvalue weighted by Gasteiger charge is 2.08. The second-order valence-electron chi connectivity index (χ2n) is 4.37. The third kappa shape index (κ3) is 3.61. The minimum absolute atomic E-state index is 0.0655. The predicted molar refractivity (Wildman–Crippen MR) is 75.8 cm³/mol. The Kier molecular flexibility index (Phi) is 4.66. The Morgan fingerprint density at radius 1 is 1.11 bits per heavy atom. The molecule has 0 saturated heterocycles.